The zero-order chi connectivity index (χ0) is 16.9. The Hall–Kier alpha value is -2.79. The van der Waals surface area contributed by atoms with Crippen molar-refractivity contribution in [1.29, 1.82) is 0 Å². The minimum absolute atomic E-state index is 0.0775. The number of nitrogens with one attached hydrogen (secondary N) is 3. The van der Waals surface area contributed by atoms with Crippen molar-refractivity contribution in [3.05, 3.63) is 70.9 Å². The molecule has 0 unspecified atom stereocenters. The van der Waals surface area contributed by atoms with E-state index in [0.717, 1.165) is 16.5 Å². The summed E-state index contributed by atoms with van der Waals surface area (Å²) >= 11 is 5.92. The first-order chi connectivity index (χ1) is 11.6. The highest BCUT2D eigenvalue weighted by molar-refractivity contribution is 6.31. The number of aromatic nitrogens is 1. The molecule has 3 aromatic rings. The molecule has 0 atom stereocenters. The lowest BCUT2D eigenvalue weighted by atomic mass is 10.1. The van der Waals surface area contributed by atoms with E-state index in [0.29, 0.717) is 17.1 Å². The summed E-state index contributed by atoms with van der Waals surface area (Å²) in [5.74, 6) is -0.548. The predicted molar refractivity (Wildman–Crippen MR) is 93.9 cm³/mol. The maximum Gasteiger partial charge on any atom is 0.253 e. The topological polar surface area (TPSA) is 74.0 Å². The van der Waals surface area contributed by atoms with E-state index in [1.165, 1.54) is 0 Å². The summed E-state index contributed by atoms with van der Waals surface area (Å²) in [5.41, 5.74) is 2.27. The lowest BCUT2D eigenvalue weighted by molar-refractivity contribution is -0.120. The van der Waals surface area contributed by atoms with E-state index in [2.05, 4.69) is 15.6 Å². The number of amides is 2. The molecule has 2 aromatic carbocycles. The van der Waals surface area contributed by atoms with Gasteiger partial charge < -0.3 is 15.6 Å². The van der Waals surface area contributed by atoms with E-state index in [1.54, 1.807) is 24.4 Å². The number of benzene rings is 2. The molecule has 0 aliphatic heterocycles. The van der Waals surface area contributed by atoms with Crippen LogP contribution >= 0.6 is 11.6 Å². The Morgan fingerprint density at radius 1 is 1.04 bits per heavy atom. The molecule has 0 saturated carbocycles. The highest BCUT2D eigenvalue weighted by atomic mass is 35.5. The molecule has 0 fully saturated rings. The van der Waals surface area contributed by atoms with Crippen LogP contribution in [0.4, 0.5) is 0 Å². The van der Waals surface area contributed by atoms with E-state index in [9.17, 15) is 9.59 Å². The number of hydrogen-bond donors (Lipinski definition) is 3. The van der Waals surface area contributed by atoms with Crippen LogP contribution in [-0.4, -0.2) is 23.3 Å². The third kappa shape index (κ3) is 3.75. The molecule has 0 aliphatic carbocycles. The second kappa shape index (κ2) is 7.19. The van der Waals surface area contributed by atoms with Crippen LogP contribution in [0.5, 0.6) is 0 Å². The van der Waals surface area contributed by atoms with Crippen molar-refractivity contribution < 1.29 is 9.59 Å². The van der Waals surface area contributed by atoms with Crippen LogP contribution in [0.3, 0.4) is 0 Å². The molecule has 0 radical (unpaired) electrons. The van der Waals surface area contributed by atoms with Crippen molar-refractivity contribution in [3.8, 4) is 0 Å². The van der Waals surface area contributed by atoms with Gasteiger partial charge >= 0.3 is 0 Å². The Morgan fingerprint density at radius 2 is 1.83 bits per heavy atom. The molecule has 0 spiro atoms. The van der Waals surface area contributed by atoms with Gasteiger partial charge in [0.15, 0.2) is 0 Å². The summed E-state index contributed by atoms with van der Waals surface area (Å²) in [6, 6.07) is 14.8. The SMILES string of the molecule is O=C(CNC(=O)c1c[nH]c2cc(Cl)ccc12)NCc1ccccc1. The second-order valence-electron chi connectivity index (χ2n) is 5.34. The van der Waals surface area contributed by atoms with Crippen molar-refractivity contribution in [2.75, 3.05) is 6.54 Å². The molecule has 3 rings (SSSR count). The molecular formula is C18H16ClN3O2. The molecule has 6 heteroatoms. The molecule has 122 valence electrons. The number of H-pyrrole nitrogens is 1. The highest BCUT2D eigenvalue weighted by Crippen LogP contribution is 2.21. The molecule has 1 aromatic heterocycles. The number of halogens is 1. The number of rotatable bonds is 5. The van der Waals surface area contributed by atoms with Gasteiger partial charge in [0.05, 0.1) is 12.1 Å². The third-order valence-corrected chi connectivity index (χ3v) is 3.87. The summed E-state index contributed by atoms with van der Waals surface area (Å²) in [7, 11) is 0. The zero-order valence-electron chi connectivity index (χ0n) is 12.8. The average molecular weight is 342 g/mol. The summed E-state index contributed by atoms with van der Waals surface area (Å²) in [4.78, 5) is 27.1. The summed E-state index contributed by atoms with van der Waals surface area (Å²) in [5, 5.41) is 6.75. The molecule has 3 N–H and O–H groups in total. The molecular weight excluding hydrogens is 326 g/mol. The third-order valence-electron chi connectivity index (χ3n) is 3.63. The molecule has 0 saturated heterocycles. The summed E-state index contributed by atoms with van der Waals surface area (Å²) < 4.78 is 0. The first-order valence-electron chi connectivity index (χ1n) is 7.49. The first kappa shape index (κ1) is 16.1. The van der Waals surface area contributed by atoms with Crippen molar-refractivity contribution in [1.82, 2.24) is 15.6 Å². The van der Waals surface area contributed by atoms with Crippen LogP contribution in [0.1, 0.15) is 15.9 Å². The van der Waals surface area contributed by atoms with Gasteiger partial charge in [-0.05, 0) is 17.7 Å². The van der Waals surface area contributed by atoms with Gasteiger partial charge in [-0.25, -0.2) is 0 Å². The Kier molecular flexibility index (Phi) is 4.82. The predicted octanol–water partition coefficient (Wildman–Crippen LogP) is 2.87. The maximum atomic E-state index is 12.2. The van der Waals surface area contributed by atoms with Crippen LogP contribution in [-0.2, 0) is 11.3 Å². The van der Waals surface area contributed by atoms with Gasteiger partial charge in [-0.15, -0.1) is 0 Å². The Bertz CT molecular complexity index is 874. The van der Waals surface area contributed by atoms with E-state index >= 15 is 0 Å². The smallest absolute Gasteiger partial charge is 0.253 e. The van der Waals surface area contributed by atoms with Crippen molar-refractivity contribution in [2.45, 2.75) is 6.54 Å². The van der Waals surface area contributed by atoms with Gasteiger partial charge in [0.1, 0.15) is 0 Å². The van der Waals surface area contributed by atoms with Gasteiger partial charge in [0.2, 0.25) is 5.91 Å². The van der Waals surface area contributed by atoms with E-state index < -0.39 is 0 Å². The Morgan fingerprint density at radius 3 is 2.62 bits per heavy atom. The lowest BCUT2D eigenvalue weighted by Gasteiger charge is -2.07. The van der Waals surface area contributed by atoms with Gasteiger partial charge in [-0.1, -0.05) is 48.0 Å². The molecule has 24 heavy (non-hydrogen) atoms. The number of carbonyl (C=O) groups excluding carboxylic acids is 2. The molecule has 5 nitrogen and oxygen atoms in total. The summed E-state index contributed by atoms with van der Waals surface area (Å²) in [6.07, 6.45) is 1.61. The van der Waals surface area contributed by atoms with Crippen LogP contribution in [0.15, 0.2) is 54.7 Å². The fourth-order valence-electron chi connectivity index (χ4n) is 2.40. The molecule has 2 amide bonds. The fraction of sp³-hybridized carbons (Fsp3) is 0.111. The van der Waals surface area contributed by atoms with Crippen LogP contribution < -0.4 is 10.6 Å². The Labute approximate surface area is 144 Å². The van der Waals surface area contributed by atoms with E-state index in [4.69, 9.17) is 11.6 Å². The monoisotopic (exact) mass is 341 g/mol. The summed E-state index contributed by atoms with van der Waals surface area (Å²) in [6.45, 7) is 0.354. The molecule has 1 heterocycles. The standard InChI is InChI=1S/C18H16ClN3O2/c19-13-6-7-14-15(10-20-16(14)8-13)18(24)22-11-17(23)21-9-12-4-2-1-3-5-12/h1-8,10,20H,9,11H2,(H,21,23)(H,22,24). The molecule has 0 bridgehead atoms. The second-order valence-corrected chi connectivity index (χ2v) is 5.77. The van der Waals surface area contributed by atoms with E-state index in [1.807, 2.05) is 30.3 Å². The van der Waals surface area contributed by atoms with Gasteiger partial charge in [0, 0.05) is 28.7 Å². The van der Waals surface area contributed by atoms with E-state index in [-0.39, 0.29) is 18.4 Å². The van der Waals surface area contributed by atoms with Crippen LogP contribution in [0, 0.1) is 0 Å². The number of hydrogen-bond acceptors (Lipinski definition) is 2. The van der Waals surface area contributed by atoms with Gasteiger partial charge in [-0.2, -0.15) is 0 Å². The van der Waals surface area contributed by atoms with Crippen molar-refractivity contribution >= 4 is 34.3 Å². The van der Waals surface area contributed by atoms with Crippen LogP contribution in [0.25, 0.3) is 10.9 Å². The highest BCUT2D eigenvalue weighted by Gasteiger charge is 2.13. The van der Waals surface area contributed by atoms with Gasteiger partial charge in [-0.3, -0.25) is 9.59 Å². The first-order valence-corrected chi connectivity index (χ1v) is 7.87. The quantitative estimate of drug-likeness (QED) is 0.667. The Balaban J connectivity index is 1.55. The largest absolute Gasteiger partial charge is 0.360 e. The number of carbonyl (C=O) groups is 2. The van der Waals surface area contributed by atoms with Crippen molar-refractivity contribution in [3.63, 3.8) is 0 Å². The van der Waals surface area contributed by atoms with Gasteiger partial charge in [0.25, 0.3) is 5.91 Å². The zero-order valence-corrected chi connectivity index (χ0v) is 13.6. The van der Waals surface area contributed by atoms with Crippen molar-refractivity contribution in [2.24, 2.45) is 0 Å². The minimum Gasteiger partial charge on any atom is -0.360 e. The number of fused-ring (bicyclic) bond motifs is 1. The minimum atomic E-state index is -0.307. The normalized spacial score (nSPS) is 10.5. The average Bonchev–Trinajstić information content (AvgIpc) is 3.01. The fourth-order valence-corrected chi connectivity index (χ4v) is 2.57. The maximum absolute atomic E-state index is 12.2. The van der Waals surface area contributed by atoms with Crippen LogP contribution in [0.2, 0.25) is 5.02 Å². The lowest BCUT2D eigenvalue weighted by Crippen LogP contribution is -2.36. The molecule has 0 aliphatic rings. The number of aromatic amines is 1.